The van der Waals surface area contributed by atoms with Crippen LogP contribution in [0, 0.1) is 23.2 Å². The van der Waals surface area contributed by atoms with Crippen LogP contribution >= 0.6 is 0 Å². The number of fused-ring (bicyclic) bond motifs is 2. The van der Waals surface area contributed by atoms with E-state index >= 15 is 0 Å². The molecule has 216 valence electrons. The van der Waals surface area contributed by atoms with Crippen molar-refractivity contribution in [3.63, 3.8) is 0 Å². The average molecular weight is 575 g/mol. The molecule has 1 aliphatic heterocycles. The van der Waals surface area contributed by atoms with Gasteiger partial charge < -0.3 is 15.0 Å². The van der Waals surface area contributed by atoms with Crippen molar-refractivity contribution >= 4 is 17.2 Å². The first kappa shape index (κ1) is 26.6. The summed E-state index contributed by atoms with van der Waals surface area (Å²) in [7, 11) is 3.41. The van der Waals surface area contributed by atoms with Gasteiger partial charge in [0.2, 0.25) is 5.88 Å². The third-order valence-electron chi connectivity index (χ3n) is 8.63. The summed E-state index contributed by atoms with van der Waals surface area (Å²) in [5.41, 5.74) is 4.74. The Bertz CT molecular complexity index is 1870. The van der Waals surface area contributed by atoms with Crippen molar-refractivity contribution < 1.29 is 9.53 Å². The third-order valence-corrected chi connectivity index (χ3v) is 8.63. The van der Waals surface area contributed by atoms with E-state index in [0.29, 0.717) is 40.1 Å². The molecule has 7 rings (SSSR count). The molecular weight excluding hydrogens is 544 g/mol. The van der Waals surface area contributed by atoms with Gasteiger partial charge in [0.1, 0.15) is 11.9 Å². The van der Waals surface area contributed by atoms with E-state index in [1.165, 1.54) is 7.11 Å². The number of nitrogens with zero attached hydrogens (tertiary/aromatic N) is 9. The summed E-state index contributed by atoms with van der Waals surface area (Å²) in [6.45, 7) is 3.84. The number of nitrogens with one attached hydrogen (secondary N) is 1. The molecule has 0 unspecified atom stereocenters. The maximum atomic E-state index is 13.0. The van der Waals surface area contributed by atoms with Gasteiger partial charge in [-0.25, -0.2) is 14.5 Å². The van der Waals surface area contributed by atoms with Gasteiger partial charge in [0, 0.05) is 72.6 Å². The van der Waals surface area contributed by atoms with Crippen molar-refractivity contribution in [1.29, 1.82) is 5.26 Å². The minimum absolute atomic E-state index is 0.110. The van der Waals surface area contributed by atoms with E-state index in [-0.39, 0.29) is 11.4 Å². The summed E-state index contributed by atoms with van der Waals surface area (Å²) in [5.74, 6) is 2.02. The van der Waals surface area contributed by atoms with Gasteiger partial charge in [-0.05, 0) is 43.7 Å². The zero-order valence-corrected chi connectivity index (χ0v) is 24.1. The van der Waals surface area contributed by atoms with Crippen LogP contribution in [0.2, 0.25) is 0 Å². The van der Waals surface area contributed by atoms with Crippen LogP contribution in [0.5, 0.6) is 5.88 Å². The van der Waals surface area contributed by atoms with Crippen molar-refractivity contribution in [2.45, 2.75) is 25.3 Å². The Morgan fingerprint density at radius 1 is 1.05 bits per heavy atom. The Morgan fingerprint density at radius 2 is 1.86 bits per heavy atom. The molecule has 12 heteroatoms. The van der Waals surface area contributed by atoms with E-state index in [0.717, 1.165) is 48.4 Å². The molecule has 1 amide bonds. The topological polar surface area (TPSA) is 139 Å². The summed E-state index contributed by atoms with van der Waals surface area (Å²) in [6, 6.07) is 7.62. The van der Waals surface area contributed by atoms with Gasteiger partial charge in [-0.2, -0.15) is 15.5 Å². The Labute approximate surface area is 248 Å². The first-order chi connectivity index (χ1) is 20.8. The molecule has 0 bridgehead atoms. The molecule has 0 aromatic carbocycles. The zero-order chi connectivity index (χ0) is 29.7. The normalized spacial score (nSPS) is 21.1. The van der Waals surface area contributed by atoms with E-state index in [4.69, 9.17) is 14.7 Å². The predicted octanol–water partition coefficient (Wildman–Crippen LogP) is 3.50. The molecule has 6 heterocycles. The predicted molar refractivity (Wildman–Crippen MR) is 158 cm³/mol. The average Bonchev–Trinajstić information content (AvgIpc) is 3.79. The van der Waals surface area contributed by atoms with Crippen LogP contribution in [0.3, 0.4) is 0 Å². The molecule has 1 saturated carbocycles. The standard InChI is InChI=1S/C31H30N10O2/c1-31(38-30(42)19-4-5-33-28(7-19)43-3)8-21-16-40(17-22(21)9-31)27-14-34-26(13-35-27)25-6-20(24-12-36-39(2)15-24)18-41-29(25)23(10-32)11-37-41/h4-7,11-15,18,21-22H,8-9,16-17H2,1-3H3,(H,38,42)/t21-,22+,31+. The van der Waals surface area contributed by atoms with Gasteiger partial charge in [0.05, 0.1) is 48.7 Å². The first-order valence-electron chi connectivity index (χ1n) is 14.1. The second-order valence-electron chi connectivity index (χ2n) is 11.7. The Kier molecular flexibility index (Phi) is 6.30. The molecule has 1 N–H and O–H groups in total. The van der Waals surface area contributed by atoms with Crippen LogP contribution in [-0.2, 0) is 7.05 Å². The van der Waals surface area contributed by atoms with Gasteiger partial charge >= 0.3 is 0 Å². The number of aromatic nitrogens is 7. The van der Waals surface area contributed by atoms with Crippen molar-refractivity contribution in [3.05, 3.63) is 72.7 Å². The summed E-state index contributed by atoms with van der Waals surface area (Å²) in [6.07, 6.45) is 14.2. The highest BCUT2D eigenvalue weighted by atomic mass is 16.5. The quantitative estimate of drug-likeness (QED) is 0.323. The van der Waals surface area contributed by atoms with Gasteiger partial charge in [0.15, 0.2) is 0 Å². The van der Waals surface area contributed by atoms with Crippen LogP contribution < -0.4 is 15.0 Å². The molecule has 2 fully saturated rings. The number of amides is 1. The SMILES string of the molecule is COc1cc(C(=O)N[C@]2(C)C[C@H]3CN(c4cnc(-c5cc(-c6cnn(C)c6)cn6ncc(C#N)c56)cn4)C[C@H]3C2)ccn1. The van der Waals surface area contributed by atoms with Crippen LogP contribution in [0.25, 0.3) is 27.9 Å². The molecule has 0 spiro atoms. The third kappa shape index (κ3) is 4.82. The lowest BCUT2D eigenvalue weighted by atomic mass is 9.97. The summed E-state index contributed by atoms with van der Waals surface area (Å²) < 4.78 is 8.63. The van der Waals surface area contributed by atoms with Crippen LogP contribution in [0.15, 0.2) is 61.6 Å². The number of anilines is 1. The molecular formula is C31H30N10O2. The number of aryl methyl sites for hydroxylation is 1. The van der Waals surface area contributed by atoms with Crippen molar-refractivity contribution in [3.8, 4) is 34.3 Å². The summed E-state index contributed by atoms with van der Waals surface area (Å²) in [4.78, 5) is 29.0. The van der Waals surface area contributed by atoms with Gasteiger partial charge in [0.25, 0.3) is 5.91 Å². The maximum Gasteiger partial charge on any atom is 0.251 e. The molecule has 5 aromatic heterocycles. The second-order valence-corrected chi connectivity index (χ2v) is 11.7. The number of rotatable bonds is 6. The molecule has 1 aliphatic carbocycles. The lowest BCUT2D eigenvalue weighted by Crippen LogP contribution is -2.45. The van der Waals surface area contributed by atoms with Gasteiger partial charge in [-0.15, -0.1) is 0 Å². The van der Waals surface area contributed by atoms with Crippen molar-refractivity contribution in [1.82, 2.24) is 39.7 Å². The minimum atomic E-state index is -0.279. The van der Waals surface area contributed by atoms with Gasteiger partial charge in [-0.3, -0.25) is 14.5 Å². The summed E-state index contributed by atoms with van der Waals surface area (Å²) >= 11 is 0. The fourth-order valence-electron chi connectivity index (χ4n) is 6.69. The molecule has 1 saturated heterocycles. The first-order valence-corrected chi connectivity index (χ1v) is 14.1. The molecule has 0 radical (unpaired) electrons. The number of carbonyl (C=O) groups excluding carboxylic acids is 1. The van der Waals surface area contributed by atoms with E-state index in [1.54, 1.807) is 46.1 Å². The number of pyridine rings is 2. The minimum Gasteiger partial charge on any atom is -0.481 e. The molecule has 3 atom stereocenters. The fourth-order valence-corrected chi connectivity index (χ4v) is 6.69. The maximum absolute atomic E-state index is 13.0. The molecule has 5 aromatic rings. The lowest BCUT2D eigenvalue weighted by Gasteiger charge is -2.29. The van der Waals surface area contributed by atoms with E-state index in [1.807, 2.05) is 31.7 Å². The van der Waals surface area contributed by atoms with Crippen LogP contribution in [-0.4, -0.2) is 66.0 Å². The van der Waals surface area contributed by atoms with Crippen LogP contribution in [0.4, 0.5) is 5.82 Å². The van der Waals surface area contributed by atoms with E-state index < -0.39 is 0 Å². The Hall–Kier alpha value is -5.31. The lowest BCUT2D eigenvalue weighted by molar-refractivity contribution is 0.0904. The highest BCUT2D eigenvalue weighted by molar-refractivity contribution is 5.95. The van der Waals surface area contributed by atoms with E-state index in [9.17, 15) is 10.1 Å². The highest BCUT2D eigenvalue weighted by Crippen LogP contribution is 2.45. The monoisotopic (exact) mass is 574 g/mol. The highest BCUT2D eigenvalue weighted by Gasteiger charge is 2.47. The molecule has 12 nitrogen and oxygen atoms in total. The second kappa shape index (κ2) is 10.2. The number of nitriles is 1. The van der Waals surface area contributed by atoms with Gasteiger partial charge in [-0.1, -0.05) is 0 Å². The Morgan fingerprint density at radius 3 is 2.53 bits per heavy atom. The summed E-state index contributed by atoms with van der Waals surface area (Å²) in [5, 5.41) is 21.7. The Balaban J connectivity index is 1.08. The number of carbonyl (C=O) groups is 1. The number of hydrogen-bond donors (Lipinski definition) is 1. The number of ether oxygens (including phenoxy) is 1. The molecule has 43 heavy (non-hydrogen) atoms. The van der Waals surface area contributed by atoms with Crippen molar-refractivity contribution in [2.24, 2.45) is 18.9 Å². The van der Waals surface area contributed by atoms with Crippen molar-refractivity contribution in [2.75, 3.05) is 25.1 Å². The zero-order valence-electron chi connectivity index (χ0n) is 24.1. The van der Waals surface area contributed by atoms with Crippen LogP contribution in [0.1, 0.15) is 35.7 Å². The van der Waals surface area contributed by atoms with E-state index in [2.05, 4.69) is 38.4 Å². The molecule has 2 aliphatic rings. The smallest absolute Gasteiger partial charge is 0.251 e. The largest absolute Gasteiger partial charge is 0.481 e. The number of methoxy groups -OCH3 is 1. The number of hydrogen-bond acceptors (Lipinski definition) is 9. The fraction of sp³-hybridized carbons (Fsp3) is 0.323.